The number of nitrogens with two attached hydrogens (primary N) is 1. The van der Waals surface area contributed by atoms with Crippen LogP contribution in [0.25, 0.3) is 0 Å². The molecule has 0 aliphatic rings. The molecule has 0 unspecified atom stereocenters. The molecular weight excluding hydrogens is 188 g/mol. The lowest BCUT2D eigenvalue weighted by molar-refractivity contribution is 0.564. The summed E-state index contributed by atoms with van der Waals surface area (Å²) in [6.07, 6.45) is 0. The molecule has 0 amide bonds. The first-order chi connectivity index (χ1) is 6.50. The Labute approximate surface area is 80.4 Å². The van der Waals surface area contributed by atoms with Crippen LogP contribution in [0.1, 0.15) is 11.1 Å². The van der Waals surface area contributed by atoms with E-state index in [-0.39, 0.29) is 18.1 Å². The molecule has 0 saturated carbocycles. The Morgan fingerprint density at radius 1 is 1.43 bits per heavy atom. The lowest BCUT2D eigenvalue weighted by Crippen LogP contribution is -2.29. The van der Waals surface area contributed by atoms with Gasteiger partial charge in [0.15, 0.2) is 5.96 Å². The number of halogens is 2. The van der Waals surface area contributed by atoms with Crippen LogP contribution in [0.15, 0.2) is 12.1 Å². The second-order valence-electron chi connectivity index (χ2n) is 2.95. The first-order valence-electron chi connectivity index (χ1n) is 4.03. The van der Waals surface area contributed by atoms with E-state index in [1.807, 2.05) is 0 Å². The molecule has 0 radical (unpaired) electrons. The Bertz CT molecular complexity index is 340. The van der Waals surface area contributed by atoms with Crippen LogP contribution < -0.4 is 11.1 Å². The van der Waals surface area contributed by atoms with Crippen LogP contribution in [0.5, 0.6) is 0 Å². The molecule has 0 saturated heterocycles. The van der Waals surface area contributed by atoms with Crippen molar-refractivity contribution in [2.75, 3.05) is 0 Å². The third kappa shape index (κ3) is 2.42. The van der Waals surface area contributed by atoms with Gasteiger partial charge in [-0.3, -0.25) is 5.41 Å². The Balaban J connectivity index is 2.84. The zero-order valence-corrected chi connectivity index (χ0v) is 7.70. The molecule has 1 aromatic rings. The van der Waals surface area contributed by atoms with Crippen molar-refractivity contribution in [2.24, 2.45) is 5.73 Å². The van der Waals surface area contributed by atoms with E-state index in [4.69, 9.17) is 11.1 Å². The van der Waals surface area contributed by atoms with Crippen LogP contribution in [0.3, 0.4) is 0 Å². The second-order valence-corrected chi connectivity index (χ2v) is 2.95. The summed E-state index contributed by atoms with van der Waals surface area (Å²) in [5.74, 6) is -1.41. The van der Waals surface area contributed by atoms with Crippen LogP contribution in [0.2, 0.25) is 0 Å². The lowest BCUT2D eigenvalue weighted by Gasteiger charge is -2.06. The number of benzene rings is 1. The largest absolute Gasteiger partial charge is 0.370 e. The van der Waals surface area contributed by atoms with E-state index in [0.717, 1.165) is 0 Å². The molecule has 1 rings (SSSR count). The maximum absolute atomic E-state index is 13.0. The van der Waals surface area contributed by atoms with Gasteiger partial charge in [0.05, 0.1) is 0 Å². The average molecular weight is 199 g/mol. The van der Waals surface area contributed by atoms with Crippen molar-refractivity contribution in [3.05, 3.63) is 34.9 Å². The highest BCUT2D eigenvalue weighted by atomic mass is 19.1. The van der Waals surface area contributed by atoms with Crippen molar-refractivity contribution in [3.8, 4) is 0 Å². The maximum Gasteiger partial charge on any atom is 0.185 e. The second kappa shape index (κ2) is 4.04. The SMILES string of the molecule is Cc1c(F)cc(CNC(=N)N)cc1F. The monoisotopic (exact) mass is 199 g/mol. The van der Waals surface area contributed by atoms with Crippen molar-refractivity contribution >= 4 is 5.96 Å². The quantitative estimate of drug-likeness (QED) is 0.496. The molecule has 3 nitrogen and oxygen atoms in total. The molecule has 0 aliphatic carbocycles. The van der Waals surface area contributed by atoms with Crippen molar-refractivity contribution in [2.45, 2.75) is 13.5 Å². The lowest BCUT2D eigenvalue weighted by atomic mass is 10.1. The van der Waals surface area contributed by atoms with Crippen molar-refractivity contribution in [3.63, 3.8) is 0 Å². The fourth-order valence-electron chi connectivity index (χ4n) is 0.997. The summed E-state index contributed by atoms with van der Waals surface area (Å²) >= 11 is 0. The van der Waals surface area contributed by atoms with E-state index < -0.39 is 11.6 Å². The normalized spacial score (nSPS) is 9.93. The van der Waals surface area contributed by atoms with Gasteiger partial charge in [-0.1, -0.05) is 0 Å². The van der Waals surface area contributed by atoms with Crippen LogP contribution in [0.4, 0.5) is 8.78 Å². The first kappa shape index (κ1) is 10.4. The molecule has 0 fully saturated rings. The van der Waals surface area contributed by atoms with E-state index in [9.17, 15) is 8.78 Å². The fourth-order valence-corrected chi connectivity index (χ4v) is 0.997. The standard InChI is InChI=1S/C9H11F2N3/c1-5-7(10)2-6(3-8(5)11)4-14-9(12)13/h2-3H,4H2,1H3,(H4,12,13,14). The third-order valence-electron chi connectivity index (χ3n) is 1.82. The van der Waals surface area contributed by atoms with Crippen molar-refractivity contribution in [1.82, 2.24) is 5.32 Å². The molecule has 0 aromatic heterocycles. The Morgan fingerprint density at radius 3 is 2.36 bits per heavy atom. The minimum Gasteiger partial charge on any atom is -0.370 e. The number of nitrogens with one attached hydrogen (secondary N) is 2. The Morgan fingerprint density at radius 2 is 1.93 bits per heavy atom. The van der Waals surface area contributed by atoms with Gasteiger partial charge < -0.3 is 11.1 Å². The summed E-state index contributed by atoms with van der Waals surface area (Å²) in [7, 11) is 0. The predicted molar refractivity (Wildman–Crippen MR) is 49.8 cm³/mol. The van der Waals surface area contributed by atoms with Gasteiger partial charge in [0.2, 0.25) is 0 Å². The predicted octanol–water partition coefficient (Wildman–Crippen LogP) is 1.26. The first-order valence-corrected chi connectivity index (χ1v) is 4.03. The van der Waals surface area contributed by atoms with E-state index in [2.05, 4.69) is 5.32 Å². The van der Waals surface area contributed by atoms with Gasteiger partial charge in [-0.25, -0.2) is 8.78 Å². The molecule has 0 aliphatic heterocycles. The highest BCUT2D eigenvalue weighted by Gasteiger charge is 2.06. The molecule has 76 valence electrons. The van der Waals surface area contributed by atoms with Gasteiger partial charge in [-0.2, -0.15) is 0 Å². The summed E-state index contributed by atoms with van der Waals surface area (Å²) < 4.78 is 26.0. The van der Waals surface area contributed by atoms with Gasteiger partial charge >= 0.3 is 0 Å². The van der Waals surface area contributed by atoms with E-state index in [0.29, 0.717) is 5.56 Å². The summed E-state index contributed by atoms with van der Waals surface area (Å²) in [5, 5.41) is 9.34. The molecule has 1 aromatic carbocycles. The van der Waals surface area contributed by atoms with Crippen molar-refractivity contribution in [1.29, 1.82) is 5.41 Å². The van der Waals surface area contributed by atoms with Gasteiger partial charge in [0, 0.05) is 12.1 Å². The van der Waals surface area contributed by atoms with Crippen LogP contribution >= 0.6 is 0 Å². The smallest absolute Gasteiger partial charge is 0.185 e. The number of rotatable bonds is 2. The molecule has 5 heteroatoms. The molecule has 0 heterocycles. The molecule has 0 spiro atoms. The van der Waals surface area contributed by atoms with Crippen LogP contribution in [0, 0.1) is 24.0 Å². The van der Waals surface area contributed by atoms with Gasteiger partial charge in [-0.05, 0) is 24.6 Å². The van der Waals surface area contributed by atoms with Gasteiger partial charge in [-0.15, -0.1) is 0 Å². The minimum atomic E-state index is -0.592. The molecule has 4 N–H and O–H groups in total. The Kier molecular flexibility index (Phi) is 3.01. The number of guanidine groups is 1. The van der Waals surface area contributed by atoms with Crippen molar-refractivity contribution < 1.29 is 8.78 Å². The highest BCUT2D eigenvalue weighted by molar-refractivity contribution is 5.74. The topological polar surface area (TPSA) is 61.9 Å². The highest BCUT2D eigenvalue weighted by Crippen LogP contribution is 2.13. The molecule has 0 atom stereocenters. The minimum absolute atomic E-state index is 0.00317. The maximum atomic E-state index is 13.0. The molecule has 0 bridgehead atoms. The summed E-state index contributed by atoms with van der Waals surface area (Å²) in [4.78, 5) is 0. The fraction of sp³-hybridized carbons (Fsp3) is 0.222. The number of hydrogen-bond acceptors (Lipinski definition) is 1. The van der Waals surface area contributed by atoms with Gasteiger partial charge in [0.1, 0.15) is 11.6 Å². The molecular formula is C9H11F2N3. The van der Waals surface area contributed by atoms with E-state index in [1.165, 1.54) is 19.1 Å². The summed E-state index contributed by atoms with van der Waals surface area (Å²) in [6, 6.07) is 2.43. The summed E-state index contributed by atoms with van der Waals surface area (Å²) in [6.45, 7) is 1.51. The molecule has 14 heavy (non-hydrogen) atoms. The zero-order valence-electron chi connectivity index (χ0n) is 7.70. The Hall–Kier alpha value is -1.65. The number of hydrogen-bond donors (Lipinski definition) is 3. The zero-order chi connectivity index (χ0) is 10.7. The van der Waals surface area contributed by atoms with E-state index in [1.54, 1.807) is 0 Å². The van der Waals surface area contributed by atoms with Crippen LogP contribution in [-0.2, 0) is 6.54 Å². The average Bonchev–Trinajstić information content (AvgIpc) is 2.10. The van der Waals surface area contributed by atoms with E-state index >= 15 is 0 Å². The van der Waals surface area contributed by atoms with Crippen LogP contribution in [-0.4, -0.2) is 5.96 Å². The summed E-state index contributed by atoms with van der Waals surface area (Å²) in [5.41, 5.74) is 5.45. The van der Waals surface area contributed by atoms with Gasteiger partial charge in [0.25, 0.3) is 0 Å². The third-order valence-corrected chi connectivity index (χ3v) is 1.82.